The van der Waals surface area contributed by atoms with Crippen molar-refractivity contribution in [1.29, 1.82) is 0 Å². The second-order valence-electron chi connectivity index (χ2n) is 16.6. The Kier molecular flexibility index (Phi) is 14.1. The predicted molar refractivity (Wildman–Crippen MR) is 237 cm³/mol. The maximum absolute atomic E-state index is 13.1. The number of nitrogens with one attached hydrogen (secondary N) is 2. The van der Waals surface area contributed by atoms with E-state index >= 15 is 0 Å². The lowest BCUT2D eigenvalue weighted by Crippen LogP contribution is -2.46. The normalized spacial score (nSPS) is 20.9. The number of rotatable bonds is 12. The van der Waals surface area contributed by atoms with E-state index in [1.165, 1.54) is 72.8 Å². The number of benzene rings is 4. The third kappa shape index (κ3) is 11.4. The average molecular weight is 773 g/mol. The van der Waals surface area contributed by atoms with Crippen molar-refractivity contribution in [3.8, 4) is 5.75 Å². The highest BCUT2D eigenvalue weighted by Crippen LogP contribution is 2.43. The van der Waals surface area contributed by atoms with Crippen molar-refractivity contribution < 1.29 is 17.2 Å². The molecular formula is C50H68N4O3. The molecule has 0 bridgehead atoms. The lowest BCUT2D eigenvalue weighted by Gasteiger charge is -2.35. The van der Waals surface area contributed by atoms with Crippen molar-refractivity contribution in [2.24, 2.45) is 0 Å². The van der Waals surface area contributed by atoms with Crippen molar-refractivity contribution in [3.05, 3.63) is 125 Å². The molecule has 0 unspecified atom stereocenters. The van der Waals surface area contributed by atoms with Crippen LogP contribution in [0.5, 0.6) is 5.75 Å². The third-order valence-corrected chi connectivity index (χ3v) is 12.3. The van der Waals surface area contributed by atoms with Gasteiger partial charge in [-0.25, -0.2) is 0 Å². The summed E-state index contributed by atoms with van der Waals surface area (Å²) in [7, 11) is 1.68. The van der Waals surface area contributed by atoms with Crippen molar-refractivity contribution >= 4 is 23.2 Å². The SMILES string of the molecule is CC.COc1ccc(CN2CCCC[C@@H]2C(=O)Nc2ccc(C3CC3)cc2)cc1.O=C(Nc1ccc(C2CC2)cc1)[C@H]1CCCCN1Cc1ccccc1C1CC1.[HH].[HH]. The van der Waals surface area contributed by atoms with E-state index in [0.717, 1.165) is 93.2 Å². The molecule has 2 heterocycles. The Morgan fingerprint density at radius 1 is 0.579 bits per heavy atom. The fourth-order valence-corrected chi connectivity index (χ4v) is 8.57. The monoisotopic (exact) mass is 773 g/mol. The van der Waals surface area contributed by atoms with Crippen LogP contribution < -0.4 is 15.4 Å². The minimum atomic E-state index is -0.0658. The molecule has 306 valence electrons. The Labute approximate surface area is 344 Å². The summed E-state index contributed by atoms with van der Waals surface area (Å²) in [5, 5.41) is 6.31. The molecule has 2 amide bonds. The Balaban J connectivity index is 0.000000209. The van der Waals surface area contributed by atoms with Gasteiger partial charge in [-0.1, -0.05) is 87.4 Å². The lowest BCUT2D eigenvalue weighted by molar-refractivity contribution is -0.123. The number of hydrogen-bond donors (Lipinski definition) is 2. The first-order valence-electron chi connectivity index (χ1n) is 22.0. The molecule has 2 atom stereocenters. The van der Waals surface area contributed by atoms with Gasteiger partial charge in [-0.3, -0.25) is 19.4 Å². The Morgan fingerprint density at radius 3 is 1.53 bits per heavy atom. The van der Waals surface area contributed by atoms with E-state index in [1.807, 2.05) is 38.1 Å². The molecule has 0 spiro atoms. The molecule has 7 nitrogen and oxygen atoms in total. The molecule has 2 aliphatic heterocycles. The van der Waals surface area contributed by atoms with Gasteiger partial charge in [0.2, 0.25) is 11.8 Å². The van der Waals surface area contributed by atoms with Gasteiger partial charge in [0, 0.05) is 27.3 Å². The zero-order chi connectivity index (χ0) is 39.6. The molecule has 3 saturated carbocycles. The van der Waals surface area contributed by atoms with E-state index in [-0.39, 0.29) is 26.8 Å². The van der Waals surface area contributed by atoms with Crippen LogP contribution in [-0.4, -0.2) is 53.9 Å². The smallest absolute Gasteiger partial charge is 0.241 e. The molecule has 57 heavy (non-hydrogen) atoms. The van der Waals surface area contributed by atoms with Crippen LogP contribution in [0.3, 0.4) is 0 Å². The number of anilines is 2. The third-order valence-electron chi connectivity index (χ3n) is 12.3. The van der Waals surface area contributed by atoms with Crippen molar-refractivity contribution in [2.75, 3.05) is 30.8 Å². The molecule has 5 aliphatic rings. The van der Waals surface area contributed by atoms with Crippen molar-refractivity contribution in [1.82, 2.24) is 9.80 Å². The Bertz CT molecular complexity index is 1890. The predicted octanol–water partition coefficient (Wildman–Crippen LogP) is 11.5. The van der Waals surface area contributed by atoms with Crippen LogP contribution in [0, 0.1) is 0 Å². The molecule has 3 aliphatic carbocycles. The van der Waals surface area contributed by atoms with Gasteiger partial charge in [0.25, 0.3) is 0 Å². The molecule has 0 aromatic heterocycles. The minimum absolute atomic E-state index is 0. The summed E-state index contributed by atoms with van der Waals surface area (Å²) in [6, 6.07) is 33.8. The number of methoxy groups -OCH3 is 1. The van der Waals surface area contributed by atoms with Gasteiger partial charge < -0.3 is 15.4 Å². The maximum atomic E-state index is 13.1. The quantitative estimate of drug-likeness (QED) is 0.150. The number of ether oxygens (including phenoxy) is 1. The van der Waals surface area contributed by atoms with Gasteiger partial charge in [-0.2, -0.15) is 0 Å². The topological polar surface area (TPSA) is 73.9 Å². The van der Waals surface area contributed by atoms with Gasteiger partial charge in [0.05, 0.1) is 19.2 Å². The van der Waals surface area contributed by atoms with Crippen LogP contribution in [0.1, 0.15) is 139 Å². The molecule has 7 heteroatoms. The highest BCUT2D eigenvalue weighted by Gasteiger charge is 2.32. The largest absolute Gasteiger partial charge is 0.497 e. The number of nitrogens with zero attached hydrogens (tertiary/aromatic N) is 2. The molecule has 4 aromatic carbocycles. The van der Waals surface area contributed by atoms with Crippen molar-refractivity contribution in [2.45, 2.75) is 134 Å². The first-order chi connectivity index (χ1) is 28.0. The van der Waals surface area contributed by atoms with Gasteiger partial charge in [-0.05, 0) is 159 Å². The number of amides is 2. The summed E-state index contributed by atoms with van der Waals surface area (Å²) in [4.78, 5) is 30.7. The fourth-order valence-electron chi connectivity index (χ4n) is 8.57. The summed E-state index contributed by atoms with van der Waals surface area (Å²) in [5.74, 6) is 3.38. The van der Waals surface area contributed by atoms with E-state index < -0.39 is 0 Å². The zero-order valence-electron chi connectivity index (χ0n) is 34.6. The first kappa shape index (κ1) is 40.7. The molecule has 0 radical (unpaired) electrons. The van der Waals surface area contributed by atoms with Gasteiger partial charge >= 0.3 is 0 Å². The van der Waals surface area contributed by atoms with Crippen LogP contribution >= 0.6 is 0 Å². The van der Waals surface area contributed by atoms with Crippen molar-refractivity contribution in [3.63, 3.8) is 0 Å². The van der Waals surface area contributed by atoms with Crippen LogP contribution in [0.4, 0.5) is 11.4 Å². The average Bonchev–Trinajstić information content (AvgIpc) is 4.09. The van der Waals surface area contributed by atoms with Crippen LogP contribution in [-0.2, 0) is 22.7 Å². The zero-order valence-corrected chi connectivity index (χ0v) is 34.6. The molecule has 2 saturated heterocycles. The summed E-state index contributed by atoms with van der Waals surface area (Å²) in [6.07, 6.45) is 14.3. The summed E-state index contributed by atoms with van der Waals surface area (Å²) < 4.78 is 5.23. The second-order valence-corrected chi connectivity index (χ2v) is 16.6. The second kappa shape index (κ2) is 19.8. The summed E-state index contributed by atoms with van der Waals surface area (Å²) in [6.45, 7) is 7.66. The highest BCUT2D eigenvalue weighted by molar-refractivity contribution is 5.95. The van der Waals surface area contributed by atoms with Crippen LogP contribution in [0.2, 0.25) is 0 Å². The minimum Gasteiger partial charge on any atom is -0.497 e. The molecule has 4 aromatic rings. The molecule has 2 N–H and O–H groups in total. The Morgan fingerprint density at radius 2 is 1.05 bits per heavy atom. The number of carbonyl (C=O) groups excluding carboxylic acids is 2. The summed E-state index contributed by atoms with van der Waals surface area (Å²) >= 11 is 0. The standard InChI is InChI=1S/C25H30N2O.C23H28N2O2.C2H6.2H2/c28-25(26-22-14-12-19(13-15-22)18-8-9-18)24-7-3-4-16-27(24)17-21-5-1-2-6-23(21)20-10-11-20;1-27-21-13-5-17(6-14-21)16-25-15-3-2-4-22(25)23(26)24-20-11-9-19(10-12-20)18-7-8-18;1-2;;/h1-2,5-6,12-15,18,20,24H,3-4,7-11,16-17H2,(H,26,28);5-6,9-14,18,22H,2-4,7-8,15-16H2,1H3,(H,24,26);1-2H3;2*1H/t24-;22-;;;/m11.../s1. The van der Waals surface area contributed by atoms with Crippen LogP contribution in [0.25, 0.3) is 0 Å². The van der Waals surface area contributed by atoms with Gasteiger partial charge in [-0.15, -0.1) is 0 Å². The van der Waals surface area contributed by atoms with E-state index in [2.05, 4.69) is 93.2 Å². The molecule has 9 rings (SSSR count). The van der Waals surface area contributed by atoms with Gasteiger partial charge in [0.1, 0.15) is 5.75 Å². The van der Waals surface area contributed by atoms with E-state index in [4.69, 9.17) is 4.74 Å². The Hall–Kier alpha value is -4.46. The number of hydrogen-bond acceptors (Lipinski definition) is 5. The highest BCUT2D eigenvalue weighted by atomic mass is 16.5. The maximum Gasteiger partial charge on any atom is 0.241 e. The number of likely N-dealkylation sites (tertiary alicyclic amines) is 2. The summed E-state index contributed by atoms with van der Waals surface area (Å²) in [5.41, 5.74) is 8.77. The fraction of sp³-hybridized carbons (Fsp3) is 0.480. The van der Waals surface area contributed by atoms with Gasteiger partial charge in [0.15, 0.2) is 0 Å². The van der Waals surface area contributed by atoms with E-state index in [0.29, 0.717) is 0 Å². The number of carbonyl (C=O) groups is 2. The first-order valence-corrected chi connectivity index (χ1v) is 22.0. The molecular weight excluding hydrogens is 705 g/mol. The van der Waals surface area contributed by atoms with E-state index in [1.54, 1.807) is 7.11 Å². The van der Waals surface area contributed by atoms with E-state index in [9.17, 15) is 9.59 Å². The lowest BCUT2D eigenvalue weighted by atomic mass is 9.97. The molecule has 5 fully saturated rings. The number of piperidine rings is 2. The van der Waals surface area contributed by atoms with Crippen LogP contribution in [0.15, 0.2) is 97.1 Å².